The third-order valence-corrected chi connectivity index (χ3v) is 14.6. The van der Waals surface area contributed by atoms with Crippen molar-refractivity contribution in [1.82, 2.24) is 5.32 Å². The maximum absolute atomic E-state index is 12.5. The molecule has 0 aromatic carbocycles. The van der Waals surface area contributed by atoms with E-state index in [1.807, 2.05) is 0 Å². The van der Waals surface area contributed by atoms with Gasteiger partial charge in [0.2, 0.25) is 5.91 Å². The highest BCUT2D eigenvalue weighted by Gasteiger charge is 2.20. The monoisotopic (exact) mass is 960 g/mol. The van der Waals surface area contributed by atoms with Crippen molar-refractivity contribution in [3.63, 3.8) is 0 Å². The number of nitrogens with one attached hydrogen (secondary N) is 1. The van der Waals surface area contributed by atoms with E-state index >= 15 is 0 Å². The molecule has 0 bridgehead atoms. The minimum absolute atomic E-state index is 0.00770. The molecule has 0 radical (unpaired) electrons. The van der Waals surface area contributed by atoms with E-state index in [0.29, 0.717) is 25.9 Å². The predicted octanol–water partition coefficient (Wildman–Crippen LogP) is 19.2. The lowest BCUT2D eigenvalue weighted by Gasteiger charge is -2.22. The molecule has 0 aliphatic carbocycles. The van der Waals surface area contributed by atoms with Crippen LogP contribution < -0.4 is 5.32 Å². The number of rotatable bonds is 58. The molecule has 0 aliphatic rings. The van der Waals surface area contributed by atoms with Gasteiger partial charge in [0.25, 0.3) is 0 Å². The van der Waals surface area contributed by atoms with Crippen LogP contribution in [-0.4, -0.2) is 47.4 Å². The summed E-state index contributed by atoms with van der Waals surface area (Å²) < 4.78 is 5.47. The number of amides is 1. The van der Waals surface area contributed by atoms with E-state index in [-0.39, 0.29) is 18.5 Å². The van der Waals surface area contributed by atoms with Gasteiger partial charge in [-0.05, 0) is 51.4 Å². The minimum Gasteiger partial charge on any atom is -0.466 e. The van der Waals surface area contributed by atoms with Crippen LogP contribution in [0.15, 0.2) is 12.2 Å². The van der Waals surface area contributed by atoms with Crippen LogP contribution in [0.25, 0.3) is 0 Å². The van der Waals surface area contributed by atoms with E-state index in [1.54, 1.807) is 0 Å². The molecule has 0 aromatic heterocycles. The Morgan fingerprint density at radius 2 is 0.691 bits per heavy atom. The number of carbonyl (C=O) groups is 2. The largest absolute Gasteiger partial charge is 0.466 e. The van der Waals surface area contributed by atoms with Crippen LogP contribution >= 0.6 is 0 Å². The number of unbranched alkanes of at least 4 members (excludes halogenated alkanes) is 45. The van der Waals surface area contributed by atoms with Gasteiger partial charge in [-0.2, -0.15) is 0 Å². The van der Waals surface area contributed by atoms with Crippen molar-refractivity contribution in [1.29, 1.82) is 0 Å². The number of aliphatic hydroxyl groups is 2. The highest BCUT2D eigenvalue weighted by molar-refractivity contribution is 5.76. The van der Waals surface area contributed by atoms with Crippen molar-refractivity contribution in [2.75, 3.05) is 13.2 Å². The smallest absolute Gasteiger partial charge is 0.305 e. The number of aliphatic hydroxyl groups excluding tert-OH is 2. The highest BCUT2D eigenvalue weighted by atomic mass is 16.5. The highest BCUT2D eigenvalue weighted by Crippen LogP contribution is 2.18. The summed E-state index contributed by atoms with van der Waals surface area (Å²) in [5, 5.41) is 23.3. The van der Waals surface area contributed by atoms with Gasteiger partial charge < -0.3 is 20.3 Å². The molecule has 2 unspecified atom stereocenters. The van der Waals surface area contributed by atoms with E-state index in [4.69, 9.17) is 4.74 Å². The van der Waals surface area contributed by atoms with Gasteiger partial charge in [-0.1, -0.05) is 296 Å². The minimum atomic E-state index is -0.669. The lowest BCUT2D eigenvalue weighted by atomic mass is 10.0. The molecule has 0 aromatic rings. The fourth-order valence-corrected chi connectivity index (χ4v) is 9.81. The summed E-state index contributed by atoms with van der Waals surface area (Å²) >= 11 is 0. The van der Waals surface area contributed by atoms with Gasteiger partial charge in [0.05, 0.1) is 25.4 Å². The summed E-state index contributed by atoms with van der Waals surface area (Å²) in [7, 11) is 0. The Morgan fingerprint density at radius 1 is 0.397 bits per heavy atom. The maximum atomic E-state index is 12.5. The predicted molar refractivity (Wildman–Crippen MR) is 297 cm³/mol. The first-order valence-corrected chi connectivity index (χ1v) is 30.9. The summed E-state index contributed by atoms with van der Waals surface area (Å²) in [6.07, 6.45) is 69.3. The van der Waals surface area contributed by atoms with Gasteiger partial charge in [-0.3, -0.25) is 9.59 Å². The lowest BCUT2D eigenvalue weighted by molar-refractivity contribution is -0.143. The van der Waals surface area contributed by atoms with Crippen LogP contribution in [0.2, 0.25) is 0 Å². The molecule has 68 heavy (non-hydrogen) atoms. The average molecular weight is 961 g/mol. The van der Waals surface area contributed by atoms with E-state index in [1.165, 1.54) is 276 Å². The van der Waals surface area contributed by atoms with Crippen LogP contribution in [0.5, 0.6) is 0 Å². The molecular weight excluding hydrogens is 839 g/mol. The van der Waals surface area contributed by atoms with Crippen LogP contribution in [-0.2, 0) is 14.3 Å². The number of hydrogen-bond acceptors (Lipinski definition) is 5. The van der Waals surface area contributed by atoms with Crippen molar-refractivity contribution in [3.8, 4) is 0 Å². The number of esters is 1. The van der Waals surface area contributed by atoms with Crippen molar-refractivity contribution in [3.05, 3.63) is 12.2 Å². The maximum Gasteiger partial charge on any atom is 0.305 e. The van der Waals surface area contributed by atoms with E-state index in [9.17, 15) is 19.8 Å². The lowest BCUT2D eigenvalue weighted by Crippen LogP contribution is -2.45. The Bertz CT molecular complexity index is 1020. The second-order valence-electron chi connectivity index (χ2n) is 21.4. The molecule has 0 spiro atoms. The summed E-state index contributed by atoms with van der Waals surface area (Å²) in [6, 6.07) is -0.547. The second kappa shape index (κ2) is 58.2. The third-order valence-electron chi connectivity index (χ3n) is 14.6. The Kier molecular flexibility index (Phi) is 57.0. The molecule has 0 aliphatic heterocycles. The van der Waals surface area contributed by atoms with Crippen molar-refractivity contribution < 1.29 is 24.5 Å². The molecule has 0 fully saturated rings. The molecule has 3 N–H and O–H groups in total. The molecule has 0 heterocycles. The second-order valence-corrected chi connectivity index (χ2v) is 21.4. The first-order valence-electron chi connectivity index (χ1n) is 30.9. The molecule has 2 atom stereocenters. The zero-order chi connectivity index (χ0) is 49.3. The van der Waals surface area contributed by atoms with Gasteiger partial charge >= 0.3 is 5.97 Å². The average Bonchev–Trinajstić information content (AvgIpc) is 3.34. The summed E-state index contributed by atoms with van der Waals surface area (Å²) in [5.74, 6) is -0.0324. The van der Waals surface area contributed by atoms with E-state index in [2.05, 4.69) is 31.3 Å². The fourth-order valence-electron chi connectivity index (χ4n) is 9.81. The van der Waals surface area contributed by atoms with Crippen LogP contribution in [0.4, 0.5) is 0 Å². The molecule has 0 saturated heterocycles. The Morgan fingerprint density at radius 3 is 1.04 bits per heavy atom. The first-order chi connectivity index (χ1) is 33.5. The first kappa shape index (κ1) is 66.6. The third kappa shape index (κ3) is 53.9. The van der Waals surface area contributed by atoms with E-state index < -0.39 is 12.1 Å². The molecule has 0 saturated carbocycles. The van der Waals surface area contributed by atoms with Crippen molar-refractivity contribution >= 4 is 11.9 Å². The standard InChI is InChI=1S/C62H121NO5/c1-3-5-7-9-11-13-15-17-18-19-22-25-28-31-34-38-42-46-50-54-60(65)59(58-64)63-61(66)55-51-47-43-39-35-32-29-26-23-20-21-24-27-30-33-37-41-45-49-53-57-68-62(67)56-52-48-44-40-36-16-14-12-10-8-6-4-2/h20,23,59-60,64-65H,3-19,21-22,24-58H2,1-2H3,(H,63,66)/b23-20-. The van der Waals surface area contributed by atoms with Crippen LogP contribution in [0, 0.1) is 0 Å². The Labute approximate surface area is 425 Å². The van der Waals surface area contributed by atoms with Crippen molar-refractivity contribution in [2.24, 2.45) is 0 Å². The molecule has 0 rings (SSSR count). The SMILES string of the molecule is CCCCCCCCCCCCCCCCCCCCCC(O)C(CO)NC(=O)CCCCCCCCC/C=C\CCCCCCCCCCCOC(=O)CCCCCCCCCCCCCC. The molecular formula is C62H121NO5. The topological polar surface area (TPSA) is 95.9 Å². The van der Waals surface area contributed by atoms with Gasteiger partial charge in [0, 0.05) is 12.8 Å². The van der Waals surface area contributed by atoms with Gasteiger partial charge in [0.15, 0.2) is 0 Å². The molecule has 404 valence electrons. The molecule has 6 heteroatoms. The summed E-state index contributed by atoms with van der Waals surface area (Å²) in [6.45, 7) is 4.97. The number of ether oxygens (including phenoxy) is 1. The summed E-state index contributed by atoms with van der Waals surface area (Å²) in [4.78, 5) is 24.5. The van der Waals surface area contributed by atoms with E-state index in [0.717, 1.165) is 38.5 Å². The molecule has 6 nitrogen and oxygen atoms in total. The van der Waals surface area contributed by atoms with Gasteiger partial charge in [-0.15, -0.1) is 0 Å². The summed E-state index contributed by atoms with van der Waals surface area (Å²) in [5.41, 5.74) is 0. The van der Waals surface area contributed by atoms with Crippen LogP contribution in [0.3, 0.4) is 0 Å². The zero-order valence-electron chi connectivity index (χ0n) is 46.1. The Balaban J connectivity index is 3.43. The van der Waals surface area contributed by atoms with Gasteiger partial charge in [0.1, 0.15) is 0 Å². The quantitative estimate of drug-likeness (QED) is 0.0321. The van der Waals surface area contributed by atoms with Gasteiger partial charge in [-0.25, -0.2) is 0 Å². The fraction of sp³-hybridized carbons (Fsp3) is 0.935. The van der Waals surface area contributed by atoms with Crippen molar-refractivity contribution in [2.45, 2.75) is 360 Å². The zero-order valence-corrected chi connectivity index (χ0v) is 46.1. The number of carbonyl (C=O) groups excluding carboxylic acids is 2. The number of hydrogen-bond donors (Lipinski definition) is 3. The van der Waals surface area contributed by atoms with Crippen LogP contribution in [0.1, 0.15) is 348 Å². The Hall–Kier alpha value is -1.40. The number of allylic oxidation sites excluding steroid dienone is 2. The molecule has 1 amide bonds. The normalized spacial score (nSPS) is 12.6.